The number of rotatable bonds is 7. The zero-order valence-electron chi connectivity index (χ0n) is 28.1. The van der Waals surface area contributed by atoms with Crippen LogP contribution < -0.4 is 5.32 Å². The summed E-state index contributed by atoms with van der Waals surface area (Å²) < 4.78 is 24.9. The Morgan fingerprint density at radius 3 is 2.70 bits per heavy atom. The number of fused-ring (bicyclic) bond motifs is 3. The van der Waals surface area contributed by atoms with E-state index < -0.39 is 17.5 Å². The number of amides is 1. The first-order valence-corrected chi connectivity index (χ1v) is 17.5. The molecular formula is C38H37Cl2FN6O3. The third-order valence-electron chi connectivity index (χ3n) is 9.92. The quantitative estimate of drug-likeness (QED) is 0.174. The molecule has 0 bridgehead atoms. The Kier molecular flexibility index (Phi) is 9.20. The lowest BCUT2D eigenvalue weighted by atomic mass is 9.92. The molecule has 0 saturated carbocycles. The fraction of sp³-hybridized carbons (Fsp3) is 0.368. The molecule has 12 heteroatoms. The van der Waals surface area contributed by atoms with Gasteiger partial charge in [-0.1, -0.05) is 35.3 Å². The molecule has 2 aromatic carbocycles. The number of halogens is 3. The third-order valence-corrected chi connectivity index (χ3v) is 10.7. The summed E-state index contributed by atoms with van der Waals surface area (Å²) in [5.41, 5.74) is 3.62. The third kappa shape index (κ3) is 5.86. The van der Waals surface area contributed by atoms with Crippen molar-refractivity contribution < 1.29 is 19.0 Å². The van der Waals surface area contributed by atoms with Gasteiger partial charge in [-0.2, -0.15) is 5.26 Å². The van der Waals surface area contributed by atoms with Gasteiger partial charge in [-0.15, -0.1) is 0 Å². The molecule has 50 heavy (non-hydrogen) atoms. The van der Waals surface area contributed by atoms with Gasteiger partial charge in [0, 0.05) is 64.9 Å². The van der Waals surface area contributed by atoms with Gasteiger partial charge in [0.25, 0.3) is 0 Å². The van der Waals surface area contributed by atoms with E-state index in [0.717, 1.165) is 42.4 Å². The SMILES string of the molecule is COC(=O)N1CCCC1c1cc2c(-c3ccc(C(C)(C)O)nc3)nc3c(F)c(-c4cccc(Cl)c4Cl)c(CCC#N)cc3c2n1C1CCNC1. The van der Waals surface area contributed by atoms with Crippen LogP contribution in [0.3, 0.4) is 0 Å². The standard InChI is InChI=1S/C38H37Cl2FN6O3/c1-38(2,49)30-12-11-22(19-44-30)34-26-18-29(28-10-6-16-46(28)37(48)50-3)47(23-13-15-43-20-23)36(26)25-17-21(7-5-14-42)31(33(41)35(25)45-34)24-8-4-9-27(39)32(24)40/h4,8-9,11-12,17-19,23,28,43,49H,5-7,10,13,15-16,20H2,1-3H3. The Hall–Kier alpha value is -4.27. The highest BCUT2D eigenvalue weighted by Crippen LogP contribution is 2.46. The fourth-order valence-corrected chi connectivity index (χ4v) is 7.96. The second-order valence-corrected chi connectivity index (χ2v) is 14.3. The van der Waals surface area contributed by atoms with E-state index in [1.165, 1.54) is 7.11 Å². The normalized spacial score (nSPS) is 17.9. The van der Waals surface area contributed by atoms with Gasteiger partial charge in [-0.25, -0.2) is 14.2 Å². The predicted molar refractivity (Wildman–Crippen MR) is 193 cm³/mol. The van der Waals surface area contributed by atoms with Gasteiger partial charge in [0.2, 0.25) is 0 Å². The van der Waals surface area contributed by atoms with Crippen LogP contribution in [-0.4, -0.2) is 57.4 Å². The number of pyridine rings is 2. The molecule has 5 aromatic rings. The van der Waals surface area contributed by atoms with E-state index in [9.17, 15) is 15.2 Å². The van der Waals surface area contributed by atoms with Crippen molar-refractivity contribution in [3.05, 3.63) is 81.5 Å². The Morgan fingerprint density at radius 2 is 2.02 bits per heavy atom. The van der Waals surface area contributed by atoms with Crippen molar-refractivity contribution in [3.63, 3.8) is 0 Å². The van der Waals surface area contributed by atoms with Crippen LogP contribution in [0.1, 0.15) is 68.6 Å². The molecule has 0 aliphatic carbocycles. The Balaban J connectivity index is 1.61. The molecule has 5 heterocycles. The van der Waals surface area contributed by atoms with E-state index >= 15 is 4.39 Å². The maximum atomic E-state index is 17.4. The number of carbonyl (C=O) groups is 1. The van der Waals surface area contributed by atoms with E-state index in [4.69, 9.17) is 32.9 Å². The van der Waals surface area contributed by atoms with E-state index in [0.29, 0.717) is 46.6 Å². The summed E-state index contributed by atoms with van der Waals surface area (Å²) >= 11 is 13.1. The molecule has 2 aliphatic rings. The highest BCUT2D eigenvalue weighted by atomic mass is 35.5. The summed E-state index contributed by atoms with van der Waals surface area (Å²) in [6.07, 6.45) is 4.10. The lowest BCUT2D eigenvalue weighted by Gasteiger charge is -2.27. The number of nitrogens with one attached hydrogen (secondary N) is 1. The summed E-state index contributed by atoms with van der Waals surface area (Å²) in [5, 5.41) is 25.6. The topological polar surface area (TPSA) is 116 Å². The molecule has 7 rings (SSSR count). The van der Waals surface area contributed by atoms with Crippen molar-refractivity contribution in [1.82, 2.24) is 24.8 Å². The molecule has 0 spiro atoms. The average molecular weight is 716 g/mol. The molecule has 2 atom stereocenters. The molecule has 1 amide bonds. The lowest BCUT2D eigenvalue weighted by molar-refractivity contribution is 0.0739. The molecule has 3 aromatic heterocycles. The number of ether oxygens (including phenoxy) is 1. The Bertz CT molecular complexity index is 2170. The molecule has 258 valence electrons. The highest BCUT2D eigenvalue weighted by molar-refractivity contribution is 6.43. The minimum absolute atomic E-state index is 0.0180. The van der Waals surface area contributed by atoms with Crippen LogP contribution in [-0.2, 0) is 16.8 Å². The predicted octanol–water partition coefficient (Wildman–Crippen LogP) is 8.49. The van der Waals surface area contributed by atoms with Crippen molar-refractivity contribution in [2.45, 2.75) is 63.6 Å². The minimum atomic E-state index is -1.16. The van der Waals surface area contributed by atoms with Gasteiger partial charge in [-0.05, 0) is 82.0 Å². The molecular weight excluding hydrogens is 678 g/mol. The van der Waals surface area contributed by atoms with Crippen LogP contribution in [0.4, 0.5) is 9.18 Å². The van der Waals surface area contributed by atoms with Gasteiger partial charge in [0.15, 0.2) is 5.82 Å². The maximum Gasteiger partial charge on any atom is 0.410 e. The summed E-state index contributed by atoms with van der Waals surface area (Å²) in [6, 6.07) is 14.7. The van der Waals surface area contributed by atoms with Gasteiger partial charge in [0.05, 0.1) is 46.2 Å². The van der Waals surface area contributed by atoms with Crippen LogP contribution in [0.5, 0.6) is 0 Å². The number of hydrogen-bond acceptors (Lipinski definition) is 7. The second-order valence-electron chi connectivity index (χ2n) is 13.5. The van der Waals surface area contributed by atoms with Crippen LogP contribution in [0.2, 0.25) is 10.0 Å². The number of nitrogens with zero attached hydrogens (tertiary/aromatic N) is 5. The summed E-state index contributed by atoms with van der Waals surface area (Å²) in [5.74, 6) is -0.570. The van der Waals surface area contributed by atoms with Crippen LogP contribution in [0, 0.1) is 17.1 Å². The number of aryl methyl sites for hydroxylation is 1. The number of aliphatic hydroxyl groups is 1. The number of likely N-dealkylation sites (tertiary alicyclic amines) is 1. The first-order chi connectivity index (χ1) is 24.0. The second kappa shape index (κ2) is 13.5. The van der Waals surface area contributed by atoms with E-state index in [1.54, 1.807) is 49.2 Å². The largest absolute Gasteiger partial charge is 0.453 e. The maximum absolute atomic E-state index is 17.4. The van der Waals surface area contributed by atoms with Crippen LogP contribution in [0.25, 0.3) is 44.2 Å². The van der Waals surface area contributed by atoms with E-state index in [2.05, 4.69) is 27.0 Å². The van der Waals surface area contributed by atoms with Crippen LogP contribution in [0.15, 0.2) is 48.7 Å². The monoisotopic (exact) mass is 714 g/mol. The van der Waals surface area contributed by atoms with Gasteiger partial charge in [0.1, 0.15) is 11.1 Å². The Labute approximate surface area is 299 Å². The minimum Gasteiger partial charge on any atom is -0.453 e. The van der Waals surface area contributed by atoms with Crippen molar-refractivity contribution in [2.24, 2.45) is 0 Å². The van der Waals surface area contributed by atoms with Crippen LogP contribution >= 0.6 is 23.2 Å². The number of carbonyl (C=O) groups excluding carboxylic acids is 1. The molecule has 2 fully saturated rings. The Morgan fingerprint density at radius 1 is 1.20 bits per heavy atom. The summed E-state index contributed by atoms with van der Waals surface area (Å²) in [6.45, 7) is 5.40. The zero-order valence-corrected chi connectivity index (χ0v) is 29.6. The molecule has 9 nitrogen and oxygen atoms in total. The van der Waals surface area contributed by atoms with Crippen molar-refractivity contribution in [3.8, 4) is 28.5 Å². The van der Waals surface area contributed by atoms with Crippen molar-refractivity contribution in [2.75, 3.05) is 26.7 Å². The first kappa shape index (κ1) is 34.2. The number of methoxy groups -OCH3 is 1. The molecule has 2 unspecified atom stereocenters. The van der Waals surface area contributed by atoms with E-state index in [1.807, 2.05) is 12.1 Å². The molecule has 2 saturated heterocycles. The van der Waals surface area contributed by atoms with Gasteiger partial charge < -0.3 is 19.7 Å². The van der Waals surface area contributed by atoms with Crippen molar-refractivity contribution in [1.29, 1.82) is 5.26 Å². The molecule has 2 aliphatic heterocycles. The number of hydrogen-bond donors (Lipinski definition) is 2. The summed E-state index contributed by atoms with van der Waals surface area (Å²) in [4.78, 5) is 24.4. The fourth-order valence-electron chi connectivity index (χ4n) is 7.57. The lowest BCUT2D eigenvalue weighted by Crippen LogP contribution is -2.32. The van der Waals surface area contributed by atoms with Crippen molar-refractivity contribution >= 4 is 51.1 Å². The molecule has 0 radical (unpaired) electrons. The first-order valence-electron chi connectivity index (χ1n) is 16.8. The summed E-state index contributed by atoms with van der Waals surface area (Å²) in [7, 11) is 1.39. The van der Waals surface area contributed by atoms with Gasteiger partial charge in [-0.3, -0.25) is 9.88 Å². The number of benzene rings is 2. The average Bonchev–Trinajstić information content (AvgIpc) is 3.88. The molecule has 2 N–H and O–H groups in total. The number of nitriles is 1. The van der Waals surface area contributed by atoms with E-state index in [-0.39, 0.29) is 46.1 Å². The van der Waals surface area contributed by atoms with Gasteiger partial charge >= 0.3 is 6.09 Å². The smallest absolute Gasteiger partial charge is 0.410 e. The number of aromatic nitrogens is 3. The highest BCUT2D eigenvalue weighted by Gasteiger charge is 2.36. The zero-order chi connectivity index (χ0) is 35.3.